The zero-order valence-corrected chi connectivity index (χ0v) is 19.4. The maximum atomic E-state index is 13.6. The van der Waals surface area contributed by atoms with Gasteiger partial charge in [0.05, 0.1) is 13.2 Å². The summed E-state index contributed by atoms with van der Waals surface area (Å²) >= 11 is 0. The second kappa shape index (κ2) is 10.2. The van der Waals surface area contributed by atoms with Crippen molar-refractivity contribution in [2.24, 2.45) is 0 Å². The van der Waals surface area contributed by atoms with Crippen LogP contribution in [0.4, 0.5) is 14.6 Å². The average molecular weight is 491 g/mol. The van der Waals surface area contributed by atoms with Crippen molar-refractivity contribution in [1.29, 1.82) is 0 Å². The minimum atomic E-state index is -0.863. The molecule has 4 aromatic rings. The molecule has 1 atom stereocenters. The smallest absolute Gasteiger partial charge is 0.256 e. The predicted octanol–water partition coefficient (Wildman–Crippen LogP) is 5.01. The second-order valence-electron chi connectivity index (χ2n) is 8.45. The van der Waals surface area contributed by atoms with Crippen LogP contribution in [0.25, 0.3) is 11.4 Å². The topological polar surface area (TPSA) is 93.4 Å². The Morgan fingerprint density at radius 1 is 1.14 bits per heavy atom. The molecule has 5 rings (SSSR count). The molecule has 1 aliphatic heterocycles. The van der Waals surface area contributed by atoms with Crippen molar-refractivity contribution in [1.82, 2.24) is 20.0 Å². The standard InChI is InChI=1S/C26H23F2N5O3/c1-35-19-8-5-17(6-9-19)25(34)30-23-11-7-18(14-29-23)24-31-26(36-32-24)22-3-2-12-33(22)15-16-4-10-20(27)21(28)13-16/h4-11,13-14,22H,2-3,12,15H2,1H3,(H,29,30,34)/t22-/m0/s1. The average Bonchev–Trinajstić information content (AvgIpc) is 3.56. The lowest BCUT2D eigenvalue weighted by molar-refractivity contribution is 0.102. The van der Waals surface area contributed by atoms with E-state index in [0.717, 1.165) is 25.5 Å². The summed E-state index contributed by atoms with van der Waals surface area (Å²) in [6.07, 6.45) is 3.31. The molecule has 3 heterocycles. The highest BCUT2D eigenvalue weighted by Gasteiger charge is 2.31. The van der Waals surface area contributed by atoms with Gasteiger partial charge in [-0.05, 0) is 73.5 Å². The Morgan fingerprint density at radius 3 is 2.69 bits per heavy atom. The van der Waals surface area contributed by atoms with Crippen LogP contribution in [0.3, 0.4) is 0 Å². The minimum Gasteiger partial charge on any atom is -0.497 e. The van der Waals surface area contributed by atoms with E-state index in [1.165, 1.54) is 6.07 Å². The summed E-state index contributed by atoms with van der Waals surface area (Å²) in [6, 6.07) is 14.0. The Morgan fingerprint density at radius 2 is 1.97 bits per heavy atom. The van der Waals surface area contributed by atoms with Crippen molar-refractivity contribution in [2.45, 2.75) is 25.4 Å². The van der Waals surface area contributed by atoms with Gasteiger partial charge in [-0.2, -0.15) is 4.98 Å². The lowest BCUT2D eigenvalue weighted by Gasteiger charge is -2.21. The van der Waals surface area contributed by atoms with Gasteiger partial charge in [0.2, 0.25) is 11.7 Å². The van der Waals surface area contributed by atoms with Gasteiger partial charge in [0.15, 0.2) is 11.6 Å². The number of halogens is 2. The number of hydrogen-bond acceptors (Lipinski definition) is 7. The molecule has 1 aliphatic rings. The summed E-state index contributed by atoms with van der Waals surface area (Å²) in [5.41, 5.74) is 1.79. The fourth-order valence-electron chi connectivity index (χ4n) is 4.19. The Balaban J connectivity index is 1.24. The van der Waals surface area contributed by atoms with Crippen LogP contribution >= 0.6 is 0 Å². The van der Waals surface area contributed by atoms with Crippen molar-refractivity contribution in [3.63, 3.8) is 0 Å². The van der Waals surface area contributed by atoms with Gasteiger partial charge in [0.1, 0.15) is 11.6 Å². The molecule has 0 aliphatic carbocycles. The number of nitrogens with one attached hydrogen (secondary N) is 1. The van der Waals surface area contributed by atoms with Gasteiger partial charge in [0.25, 0.3) is 5.91 Å². The number of ether oxygens (including phenoxy) is 1. The largest absolute Gasteiger partial charge is 0.497 e. The summed E-state index contributed by atoms with van der Waals surface area (Å²) in [5, 5.41) is 6.84. The Kier molecular flexibility index (Phi) is 6.68. The van der Waals surface area contributed by atoms with Crippen LogP contribution < -0.4 is 10.1 Å². The minimum absolute atomic E-state index is 0.115. The molecule has 0 bridgehead atoms. The molecule has 0 radical (unpaired) electrons. The van der Waals surface area contributed by atoms with Crippen LogP contribution in [-0.4, -0.2) is 39.6 Å². The van der Waals surface area contributed by atoms with Crippen molar-refractivity contribution in [3.05, 3.63) is 89.4 Å². The highest BCUT2D eigenvalue weighted by molar-refractivity contribution is 6.03. The summed E-state index contributed by atoms with van der Waals surface area (Å²) in [6.45, 7) is 1.23. The first-order valence-corrected chi connectivity index (χ1v) is 11.4. The van der Waals surface area contributed by atoms with Crippen LogP contribution in [0.15, 0.2) is 65.3 Å². The Bertz CT molecular complexity index is 1360. The first-order chi connectivity index (χ1) is 17.5. The molecular weight excluding hydrogens is 468 g/mol. The van der Waals surface area contributed by atoms with Gasteiger partial charge in [-0.1, -0.05) is 11.2 Å². The van der Waals surface area contributed by atoms with Crippen LogP contribution in [-0.2, 0) is 6.54 Å². The van der Waals surface area contributed by atoms with Gasteiger partial charge < -0.3 is 14.6 Å². The van der Waals surface area contributed by atoms with Gasteiger partial charge >= 0.3 is 0 Å². The van der Waals surface area contributed by atoms with Crippen molar-refractivity contribution < 1.29 is 22.8 Å². The molecule has 2 aromatic heterocycles. The fourth-order valence-corrected chi connectivity index (χ4v) is 4.19. The van der Waals surface area contributed by atoms with Gasteiger partial charge in [-0.3, -0.25) is 9.69 Å². The number of benzene rings is 2. The number of rotatable bonds is 7. The SMILES string of the molecule is COc1ccc(C(=O)Nc2ccc(-c3noc([C@@H]4CCCN4Cc4ccc(F)c(F)c4)n3)cn2)cc1. The molecule has 1 fully saturated rings. The molecule has 0 saturated carbocycles. The number of anilines is 1. The lowest BCUT2D eigenvalue weighted by Crippen LogP contribution is -2.23. The van der Waals surface area contributed by atoms with Gasteiger partial charge in [-0.25, -0.2) is 13.8 Å². The summed E-state index contributed by atoms with van der Waals surface area (Å²) in [7, 11) is 1.56. The lowest BCUT2D eigenvalue weighted by atomic mass is 10.1. The third-order valence-corrected chi connectivity index (χ3v) is 6.08. The maximum absolute atomic E-state index is 13.6. The van der Waals surface area contributed by atoms with Crippen LogP contribution in [0.5, 0.6) is 5.75 Å². The number of aromatic nitrogens is 3. The summed E-state index contributed by atoms with van der Waals surface area (Å²) in [4.78, 5) is 23.4. The maximum Gasteiger partial charge on any atom is 0.256 e. The second-order valence-corrected chi connectivity index (χ2v) is 8.45. The molecule has 184 valence electrons. The Labute approximate surface area is 205 Å². The zero-order chi connectivity index (χ0) is 25.1. The Hall–Kier alpha value is -4.18. The van der Waals surface area contributed by atoms with Crippen molar-refractivity contribution in [2.75, 3.05) is 19.0 Å². The van der Waals surface area contributed by atoms with E-state index < -0.39 is 11.6 Å². The number of nitrogens with zero attached hydrogens (tertiary/aromatic N) is 4. The molecule has 8 nitrogen and oxygen atoms in total. The number of hydrogen-bond donors (Lipinski definition) is 1. The molecule has 0 spiro atoms. The van der Waals surface area contributed by atoms with Crippen LogP contribution in [0.2, 0.25) is 0 Å². The quantitative estimate of drug-likeness (QED) is 0.389. The monoisotopic (exact) mass is 491 g/mol. The van der Waals surface area contributed by atoms with E-state index in [4.69, 9.17) is 9.26 Å². The number of carbonyl (C=O) groups is 1. The van der Waals surface area contributed by atoms with Crippen LogP contribution in [0, 0.1) is 11.6 Å². The third-order valence-electron chi connectivity index (χ3n) is 6.08. The molecule has 1 saturated heterocycles. The van der Waals surface area contributed by atoms with E-state index >= 15 is 0 Å². The van der Waals surface area contributed by atoms with E-state index in [1.807, 2.05) is 0 Å². The fraction of sp³-hybridized carbons (Fsp3) is 0.231. The highest BCUT2D eigenvalue weighted by atomic mass is 19.2. The number of carbonyl (C=O) groups excluding carboxylic acids is 1. The molecule has 10 heteroatoms. The molecule has 0 unspecified atom stereocenters. The summed E-state index contributed by atoms with van der Waals surface area (Å²) in [5.74, 6) is -0.123. The van der Waals surface area contributed by atoms with Crippen molar-refractivity contribution >= 4 is 11.7 Å². The number of pyridine rings is 1. The molecular formula is C26H23F2N5O3. The van der Waals surface area contributed by atoms with Gasteiger partial charge in [0, 0.05) is 23.9 Å². The summed E-state index contributed by atoms with van der Waals surface area (Å²) < 4.78 is 37.5. The first-order valence-electron chi connectivity index (χ1n) is 11.4. The molecule has 1 amide bonds. The zero-order valence-electron chi connectivity index (χ0n) is 19.4. The predicted molar refractivity (Wildman–Crippen MR) is 127 cm³/mol. The van der Waals surface area contributed by atoms with E-state index in [0.29, 0.717) is 46.5 Å². The highest BCUT2D eigenvalue weighted by Crippen LogP contribution is 2.33. The first kappa shape index (κ1) is 23.6. The number of methoxy groups -OCH3 is 1. The van der Waals surface area contributed by atoms with E-state index in [-0.39, 0.29) is 11.9 Å². The van der Waals surface area contributed by atoms with Gasteiger partial charge in [-0.15, -0.1) is 0 Å². The normalized spacial score (nSPS) is 15.7. The van der Waals surface area contributed by atoms with E-state index in [2.05, 4.69) is 25.3 Å². The number of likely N-dealkylation sites (tertiary alicyclic amines) is 1. The van der Waals surface area contributed by atoms with Crippen molar-refractivity contribution in [3.8, 4) is 17.1 Å². The van der Waals surface area contributed by atoms with E-state index in [1.54, 1.807) is 55.8 Å². The molecule has 36 heavy (non-hydrogen) atoms. The molecule has 1 N–H and O–H groups in total. The van der Waals surface area contributed by atoms with E-state index in [9.17, 15) is 13.6 Å². The number of amides is 1. The van der Waals surface area contributed by atoms with Crippen LogP contribution in [0.1, 0.15) is 40.7 Å². The molecule has 2 aromatic carbocycles. The third kappa shape index (κ3) is 5.08.